The molecule has 4 atom stereocenters. The fourth-order valence-corrected chi connectivity index (χ4v) is 11.9. The molecule has 0 aromatic heterocycles. The Morgan fingerprint density at radius 1 is 0.517 bits per heavy atom. The molecule has 12 aliphatic rings. The van der Waals surface area contributed by atoms with E-state index in [1.165, 1.54) is 85.9 Å². The topological polar surface area (TPSA) is 18.5 Å². The Kier molecular flexibility index (Phi) is 9.78. The van der Waals surface area contributed by atoms with Crippen LogP contribution in [-0.4, -0.2) is 13.2 Å². The van der Waals surface area contributed by atoms with Gasteiger partial charge in [0.1, 0.15) is 18.1 Å². The lowest BCUT2D eigenvalue weighted by Crippen LogP contribution is -2.32. The first kappa shape index (κ1) is 37.3. The van der Waals surface area contributed by atoms with Gasteiger partial charge in [0.15, 0.2) is 0 Å². The van der Waals surface area contributed by atoms with Crippen LogP contribution >= 0.6 is 0 Å². The highest BCUT2D eigenvalue weighted by Gasteiger charge is 2.40. The lowest BCUT2D eigenvalue weighted by molar-refractivity contribution is 0.191. The van der Waals surface area contributed by atoms with Gasteiger partial charge < -0.3 is 9.47 Å². The standard InChI is InChI=1S/C58H54O2/c1-37-11-31-51-47-25-21-43(22-26-47)41-17-13-39(14-18-41)35-59-53-33-29-45-7-3-5-9-49(45)57(53)58-50-10-6-4-8-46(50)30-34-54(58)60-36-40-15-19-42(20-16-40)44-23-27-48(28-24-44)52-32-12-38(2)55(37)56(51)52/h3-10,13,17,21,23,25,27,29-30,33-34,37-38,40,42,51-52H,11-12,15-16,19-20,24,28,31-32,35-36H2,1-2H3. The first-order chi connectivity index (χ1) is 29.6. The maximum absolute atomic E-state index is 6.98. The van der Waals surface area contributed by atoms with E-state index in [9.17, 15) is 0 Å². The Balaban J connectivity index is 1.03. The van der Waals surface area contributed by atoms with Gasteiger partial charge in [-0.15, -0.1) is 0 Å². The number of hydrogen-bond donors (Lipinski definition) is 0. The minimum atomic E-state index is 0.380. The largest absolute Gasteiger partial charge is 0.493 e. The molecular formula is C58H54O2. The quantitative estimate of drug-likeness (QED) is 0.131. The van der Waals surface area contributed by atoms with Gasteiger partial charge in [0.25, 0.3) is 0 Å². The molecule has 0 spiro atoms. The highest BCUT2D eigenvalue weighted by molar-refractivity contribution is 6.09. The Bertz CT molecular complexity index is 2810. The number of allylic oxidation sites excluding steroid dienone is 12. The molecule has 4 aromatic carbocycles. The van der Waals surface area contributed by atoms with E-state index < -0.39 is 0 Å². The van der Waals surface area contributed by atoms with Crippen molar-refractivity contribution in [2.45, 2.75) is 78.1 Å². The second kappa shape index (κ2) is 15.7. The van der Waals surface area contributed by atoms with E-state index >= 15 is 0 Å². The number of ether oxygens (including phenoxy) is 2. The lowest BCUT2D eigenvalue weighted by atomic mass is 9.60. The number of hydrogen-bond acceptors (Lipinski definition) is 2. The fraction of sp³-hybridized carbons (Fsp3) is 0.345. The summed E-state index contributed by atoms with van der Waals surface area (Å²) in [5.74, 6) is 5.27. The third-order valence-electron chi connectivity index (χ3n) is 15.1. The Morgan fingerprint density at radius 2 is 1.13 bits per heavy atom. The molecule has 4 aromatic rings. The molecule has 0 saturated heterocycles. The highest BCUT2D eigenvalue weighted by Crippen LogP contribution is 2.53. The predicted molar refractivity (Wildman–Crippen MR) is 246 cm³/mol. The molecule has 1 fully saturated rings. The van der Waals surface area contributed by atoms with Crippen LogP contribution < -0.4 is 9.47 Å². The highest BCUT2D eigenvalue weighted by atomic mass is 16.5. The monoisotopic (exact) mass is 782 g/mol. The molecule has 1 saturated carbocycles. The van der Waals surface area contributed by atoms with Crippen molar-refractivity contribution < 1.29 is 9.47 Å². The van der Waals surface area contributed by atoms with E-state index in [1.807, 2.05) is 0 Å². The smallest absolute Gasteiger partial charge is 0.128 e. The molecule has 6 heterocycles. The summed E-state index contributed by atoms with van der Waals surface area (Å²) < 4.78 is 13.8. The van der Waals surface area contributed by atoms with Crippen molar-refractivity contribution in [2.24, 2.45) is 35.5 Å². The summed E-state index contributed by atoms with van der Waals surface area (Å²) in [4.78, 5) is 0. The molecule has 16 rings (SSSR count). The fourth-order valence-electron chi connectivity index (χ4n) is 11.9. The van der Waals surface area contributed by atoms with Crippen molar-refractivity contribution >= 4 is 21.5 Å². The van der Waals surface area contributed by atoms with Crippen LogP contribution in [0.5, 0.6) is 11.5 Å². The van der Waals surface area contributed by atoms with Gasteiger partial charge in [0.2, 0.25) is 0 Å². The van der Waals surface area contributed by atoms with Gasteiger partial charge in [-0.3, -0.25) is 0 Å². The van der Waals surface area contributed by atoms with Gasteiger partial charge in [0, 0.05) is 45.3 Å². The van der Waals surface area contributed by atoms with E-state index in [0.717, 1.165) is 51.3 Å². The summed E-state index contributed by atoms with van der Waals surface area (Å²) in [5, 5.41) is 4.70. The van der Waals surface area contributed by atoms with E-state index in [1.54, 1.807) is 22.3 Å². The zero-order valence-electron chi connectivity index (χ0n) is 35.2. The minimum absolute atomic E-state index is 0.380. The zero-order valence-corrected chi connectivity index (χ0v) is 35.2. The van der Waals surface area contributed by atoms with Gasteiger partial charge in [-0.05, 0) is 146 Å². The maximum Gasteiger partial charge on any atom is 0.128 e. The first-order valence-electron chi connectivity index (χ1n) is 22.9. The second-order valence-electron chi connectivity index (χ2n) is 18.6. The maximum atomic E-state index is 6.98. The third-order valence-corrected chi connectivity index (χ3v) is 15.1. The molecule has 6 aliphatic heterocycles. The van der Waals surface area contributed by atoms with Gasteiger partial charge in [-0.1, -0.05) is 132 Å². The van der Waals surface area contributed by atoms with Crippen LogP contribution in [-0.2, 0) is 0 Å². The summed E-state index contributed by atoms with van der Waals surface area (Å²) in [6.45, 7) is 6.09. The molecule has 2 heteroatoms. The van der Waals surface area contributed by atoms with Crippen molar-refractivity contribution in [1.82, 2.24) is 0 Å². The number of fused-ring (bicyclic) bond motifs is 3. The SMILES string of the molecule is CC1CCC2C3=C=C=C(C=C3)C3=C=C=C(C=C3)COc3ccc4ccccc4c3-c3c(ccc4ccccc34)OCC3CCC(CC3)C3=CC=C(CC3)C3CCC(C)C1=C23. The molecule has 2 nitrogen and oxygen atoms in total. The molecule has 8 bridgehead atoms. The van der Waals surface area contributed by atoms with Crippen molar-refractivity contribution in [3.05, 3.63) is 177 Å². The van der Waals surface area contributed by atoms with Crippen molar-refractivity contribution in [3.63, 3.8) is 0 Å². The molecular weight excluding hydrogens is 729 g/mol. The van der Waals surface area contributed by atoms with Crippen LogP contribution in [0.4, 0.5) is 0 Å². The molecule has 298 valence electrons. The predicted octanol–water partition coefficient (Wildman–Crippen LogP) is 14.6. The Hall–Kier alpha value is -5.70. The zero-order chi connectivity index (χ0) is 40.2. The summed E-state index contributed by atoms with van der Waals surface area (Å²) in [6, 6.07) is 26.0. The van der Waals surface area contributed by atoms with Gasteiger partial charge in [-0.2, -0.15) is 0 Å². The van der Waals surface area contributed by atoms with Crippen molar-refractivity contribution in [2.75, 3.05) is 13.2 Å². The molecule has 0 radical (unpaired) electrons. The van der Waals surface area contributed by atoms with Crippen LogP contribution in [0.3, 0.4) is 0 Å². The number of benzene rings is 4. The van der Waals surface area contributed by atoms with Crippen LogP contribution in [0.15, 0.2) is 177 Å². The van der Waals surface area contributed by atoms with Crippen LogP contribution in [0.1, 0.15) is 78.1 Å². The average molecular weight is 783 g/mol. The Morgan fingerprint density at radius 3 is 1.77 bits per heavy atom. The van der Waals surface area contributed by atoms with Crippen LogP contribution in [0.25, 0.3) is 32.7 Å². The molecule has 60 heavy (non-hydrogen) atoms. The summed E-state index contributed by atoms with van der Waals surface area (Å²) >= 11 is 0. The van der Waals surface area contributed by atoms with E-state index in [4.69, 9.17) is 9.47 Å². The lowest BCUT2D eigenvalue weighted by Gasteiger charge is -2.44. The van der Waals surface area contributed by atoms with Crippen molar-refractivity contribution in [1.29, 1.82) is 0 Å². The van der Waals surface area contributed by atoms with Gasteiger partial charge in [0.05, 0.1) is 6.61 Å². The normalized spacial score (nSPS) is 27.2. The average Bonchev–Trinajstić information content (AvgIpc) is 3.30. The summed E-state index contributed by atoms with van der Waals surface area (Å²) in [6.07, 6.45) is 26.3. The van der Waals surface area contributed by atoms with Gasteiger partial charge in [-0.25, -0.2) is 0 Å². The first-order valence-corrected chi connectivity index (χ1v) is 22.9. The van der Waals surface area contributed by atoms with E-state index in [-0.39, 0.29) is 0 Å². The Labute approximate surface area is 355 Å². The molecule has 0 N–H and O–H groups in total. The van der Waals surface area contributed by atoms with Gasteiger partial charge >= 0.3 is 0 Å². The van der Waals surface area contributed by atoms with Crippen LogP contribution in [0.2, 0.25) is 0 Å². The number of rotatable bonds is 0. The van der Waals surface area contributed by atoms with E-state index in [0.29, 0.717) is 42.1 Å². The molecule has 6 aliphatic carbocycles. The summed E-state index contributed by atoms with van der Waals surface area (Å²) in [7, 11) is 0. The summed E-state index contributed by atoms with van der Waals surface area (Å²) in [5.41, 5.74) is 27.5. The van der Waals surface area contributed by atoms with Crippen LogP contribution in [0, 0.1) is 35.5 Å². The second-order valence-corrected chi connectivity index (χ2v) is 18.6. The third kappa shape index (κ3) is 6.80. The molecule has 4 unspecified atom stereocenters. The molecule has 0 amide bonds. The van der Waals surface area contributed by atoms with Crippen molar-refractivity contribution in [3.8, 4) is 22.6 Å². The minimum Gasteiger partial charge on any atom is -0.493 e. The van der Waals surface area contributed by atoms with E-state index in [2.05, 4.69) is 146 Å².